The minimum absolute atomic E-state index is 0.0734. The molecule has 0 fully saturated rings. The van der Waals surface area contributed by atoms with Gasteiger partial charge in [0.1, 0.15) is 11.5 Å². The highest BCUT2D eigenvalue weighted by Gasteiger charge is 2.24. The number of hydrogen-bond acceptors (Lipinski definition) is 5. The van der Waals surface area contributed by atoms with Crippen molar-refractivity contribution in [1.29, 1.82) is 0 Å². The van der Waals surface area contributed by atoms with E-state index in [0.717, 1.165) is 9.87 Å². The van der Waals surface area contributed by atoms with Crippen molar-refractivity contribution in [3.8, 4) is 11.5 Å². The second-order valence-corrected chi connectivity index (χ2v) is 9.31. The topological polar surface area (TPSA) is 84.9 Å². The van der Waals surface area contributed by atoms with Gasteiger partial charge in [0.2, 0.25) is 0 Å². The van der Waals surface area contributed by atoms with E-state index in [1.165, 1.54) is 38.4 Å². The zero-order valence-corrected chi connectivity index (χ0v) is 19.9. The standard InChI is InChI=1S/C25H28N2O5S/c1-5-21(20-10-6-8-12-23(20)31-3)26-25(28)18-14-16-19(17-15-18)33(29,30)27(2)22-11-7-9-13-24(22)32-4/h6-17,21H,5H2,1-4H3,(H,26,28). The minimum atomic E-state index is -3.84. The fourth-order valence-electron chi connectivity index (χ4n) is 3.55. The number of nitrogens with zero attached hydrogens (tertiary/aromatic N) is 1. The van der Waals surface area contributed by atoms with Gasteiger partial charge in [-0.2, -0.15) is 0 Å². The maximum Gasteiger partial charge on any atom is 0.264 e. The van der Waals surface area contributed by atoms with E-state index in [0.29, 0.717) is 29.2 Å². The molecule has 0 aliphatic heterocycles. The number of anilines is 1. The Bertz CT molecular complexity index is 1210. The van der Waals surface area contributed by atoms with Gasteiger partial charge in [0.05, 0.1) is 30.8 Å². The molecule has 1 unspecified atom stereocenters. The monoisotopic (exact) mass is 468 g/mol. The van der Waals surface area contributed by atoms with Crippen molar-refractivity contribution in [2.45, 2.75) is 24.3 Å². The highest BCUT2D eigenvalue weighted by atomic mass is 32.2. The van der Waals surface area contributed by atoms with Crippen molar-refractivity contribution in [3.63, 3.8) is 0 Å². The minimum Gasteiger partial charge on any atom is -0.496 e. The second kappa shape index (κ2) is 10.4. The highest BCUT2D eigenvalue weighted by molar-refractivity contribution is 7.92. The lowest BCUT2D eigenvalue weighted by atomic mass is 10.0. The smallest absolute Gasteiger partial charge is 0.264 e. The van der Waals surface area contributed by atoms with Crippen molar-refractivity contribution in [1.82, 2.24) is 5.32 Å². The predicted octanol–water partition coefficient (Wildman–Crippen LogP) is 4.41. The molecule has 3 rings (SSSR count). The van der Waals surface area contributed by atoms with Gasteiger partial charge in [-0.3, -0.25) is 9.10 Å². The summed E-state index contributed by atoms with van der Waals surface area (Å²) in [6, 6.07) is 20.0. The first-order valence-corrected chi connectivity index (χ1v) is 11.9. The van der Waals surface area contributed by atoms with E-state index < -0.39 is 10.0 Å². The first kappa shape index (κ1) is 24.1. The molecule has 0 bridgehead atoms. The summed E-state index contributed by atoms with van der Waals surface area (Å²) in [7, 11) is 0.703. The third-order valence-corrected chi connectivity index (χ3v) is 7.21. The molecule has 3 aromatic rings. The Morgan fingerprint density at radius 3 is 2.09 bits per heavy atom. The lowest BCUT2D eigenvalue weighted by molar-refractivity contribution is 0.0935. The van der Waals surface area contributed by atoms with Crippen LogP contribution in [0.2, 0.25) is 0 Å². The Labute approximate surface area is 195 Å². The summed E-state index contributed by atoms with van der Waals surface area (Å²) in [6.45, 7) is 1.97. The van der Waals surface area contributed by atoms with E-state index >= 15 is 0 Å². The molecule has 0 spiro atoms. The van der Waals surface area contributed by atoms with Crippen LogP contribution in [0.15, 0.2) is 77.7 Å². The predicted molar refractivity (Wildman–Crippen MR) is 129 cm³/mol. The largest absolute Gasteiger partial charge is 0.496 e. The summed E-state index contributed by atoms with van der Waals surface area (Å²) >= 11 is 0. The Morgan fingerprint density at radius 2 is 1.48 bits per heavy atom. The summed E-state index contributed by atoms with van der Waals surface area (Å²) in [5.74, 6) is 0.849. The van der Waals surface area contributed by atoms with Crippen molar-refractivity contribution < 1.29 is 22.7 Å². The summed E-state index contributed by atoms with van der Waals surface area (Å²) in [5.41, 5.74) is 1.67. The Morgan fingerprint density at radius 1 is 0.909 bits per heavy atom. The van der Waals surface area contributed by atoms with Gasteiger partial charge in [-0.15, -0.1) is 0 Å². The number of benzene rings is 3. The molecule has 0 aliphatic rings. The molecule has 0 aromatic heterocycles. The number of nitrogens with one attached hydrogen (secondary N) is 1. The normalized spacial score (nSPS) is 12.0. The van der Waals surface area contributed by atoms with Crippen LogP contribution in [0.25, 0.3) is 0 Å². The molecule has 3 aromatic carbocycles. The summed E-state index contributed by atoms with van der Waals surface area (Å²) in [6.07, 6.45) is 0.669. The van der Waals surface area contributed by atoms with Crippen LogP contribution in [0.1, 0.15) is 35.3 Å². The lowest BCUT2D eigenvalue weighted by Crippen LogP contribution is -2.29. The zero-order valence-electron chi connectivity index (χ0n) is 19.1. The summed E-state index contributed by atoms with van der Waals surface area (Å²) in [4.78, 5) is 12.9. The number of para-hydroxylation sites is 3. The molecule has 1 atom stereocenters. The van der Waals surface area contributed by atoms with Crippen molar-refractivity contribution in [2.24, 2.45) is 0 Å². The Balaban J connectivity index is 1.81. The number of rotatable bonds is 9. The number of carbonyl (C=O) groups is 1. The third-order valence-electron chi connectivity index (χ3n) is 5.43. The SMILES string of the molecule is CCC(NC(=O)c1ccc(S(=O)(=O)N(C)c2ccccc2OC)cc1)c1ccccc1OC. The first-order chi connectivity index (χ1) is 15.8. The first-order valence-electron chi connectivity index (χ1n) is 10.5. The van der Waals surface area contributed by atoms with E-state index in [9.17, 15) is 13.2 Å². The van der Waals surface area contributed by atoms with Gasteiger partial charge in [0, 0.05) is 18.2 Å². The molecule has 33 heavy (non-hydrogen) atoms. The Kier molecular flexibility index (Phi) is 7.60. The van der Waals surface area contributed by atoms with Gasteiger partial charge in [0.15, 0.2) is 0 Å². The van der Waals surface area contributed by atoms with Crippen molar-refractivity contribution in [2.75, 3.05) is 25.6 Å². The van der Waals surface area contributed by atoms with Crippen LogP contribution in [0.3, 0.4) is 0 Å². The van der Waals surface area contributed by atoms with Gasteiger partial charge < -0.3 is 14.8 Å². The van der Waals surface area contributed by atoms with E-state index in [2.05, 4.69) is 5.32 Å². The van der Waals surface area contributed by atoms with Crippen LogP contribution in [0.5, 0.6) is 11.5 Å². The van der Waals surface area contributed by atoms with Crippen LogP contribution >= 0.6 is 0 Å². The quantitative estimate of drug-likeness (QED) is 0.503. The van der Waals surface area contributed by atoms with E-state index in [4.69, 9.17) is 9.47 Å². The molecule has 174 valence electrons. The number of ether oxygens (including phenoxy) is 2. The van der Waals surface area contributed by atoms with E-state index in [1.807, 2.05) is 31.2 Å². The fourth-order valence-corrected chi connectivity index (χ4v) is 4.76. The maximum atomic E-state index is 13.1. The average molecular weight is 469 g/mol. The molecule has 0 saturated carbocycles. The highest BCUT2D eigenvalue weighted by Crippen LogP contribution is 2.31. The summed E-state index contributed by atoms with van der Waals surface area (Å²) < 4.78 is 38.1. The van der Waals surface area contributed by atoms with Gasteiger partial charge in [-0.25, -0.2) is 8.42 Å². The number of hydrogen-bond donors (Lipinski definition) is 1. The van der Waals surface area contributed by atoms with Gasteiger partial charge in [-0.05, 0) is 48.9 Å². The molecular formula is C25H28N2O5S. The molecule has 0 saturated heterocycles. The number of sulfonamides is 1. The number of methoxy groups -OCH3 is 2. The molecule has 0 radical (unpaired) electrons. The zero-order chi connectivity index (χ0) is 24.0. The molecule has 7 nitrogen and oxygen atoms in total. The molecule has 0 heterocycles. The molecule has 0 aliphatic carbocycles. The fraction of sp³-hybridized carbons (Fsp3) is 0.240. The van der Waals surface area contributed by atoms with Crippen LogP contribution in [-0.4, -0.2) is 35.6 Å². The van der Waals surface area contributed by atoms with Gasteiger partial charge >= 0.3 is 0 Å². The van der Waals surface area contributed by atoms with Crippen molar-refractivity contribution >= 4 is 21.6 Å². The number of carbonyl (C=O) groups excluding carboxylic acids is 1. The molecule has 1 N–H and O–H groups in total. The molecule has 8 heteroatoms. The Hall–Kier alpha value is -3.52. The molecular weight excluding hydrogens is 440 g/mol. The second-order valence-electron chi connectivity index (χ2n) is 7.35. The van der Waals surface area contributed by atoms with E-state index in [1.54, 1.807) is 31.4 Å². The average Bonchev–Trinajstić information content (AvgIpc) is 2.86. The van der Waals surface area contributed by atoms with E-state index in [-0.39, 0.29) is 16.8 Å². The van der Waals surface area contributed by atoms with Crippen molar-refractivity contribution in [3.05, 3.63) is 83.9 Å². The van der Waals surface area contributed by atoms with Gasteiger partial charge in [-0.1, -0.05) is 37.3 Å². The van der Waals surface area contributed by atoms with Gasteiger partial charge in [0.25, 0.3) is 15.9 Å². The van der Waals surface area contributed by atoms with Crippen LogP contribution in [0.4, 0.5) is 5.69 Å². The molecule has 1 amide bonds. The van der Waals surface area contributed by atoms with Crippen LogP contribution in [-0.2, 0) is 10.0 Å². The van der Waals surface area contributed by atoms with Crippen LogP contribution < -0.4 is 19.1 Å². The summed E-state index contributed by atoms with van der Waals surface area (Å²) in [5, 5.41) is 3.00. The van der Waals surface area contributed by atoms with Crippen LogP contribution in [0, 0.1) is 0 Å². The lowest BCUT2D eigenvalue weighted by Gasteiger charge is -2.22. The number of amides is 1. The third kappa shape index (κ3) is 5.12. The maximum absolute atomic E-state index is 13.1.